The summed E-state index contributed by atoms with van der Waals surface area (Å²) in [5.74, 6) is 0.817. The maximum atomic E-state index is 4.97. The van der Waals surface area contributed by atoms with Gasteiger partial charge in [-0.2, -0.15) is 5.10 Å². The van der Waals surface area contributed by atoms with Crippen molar-refractivity contribution in [1.29, 1.82) is 0 Å². The summed E-state index contributed by atoms with van der Waals surface area (Å²) in [4.78, 5) is 4.97. The summed E-state index contributed by atoms with van der Waals surface area (Å²) >= 11 is 0. The molecule has 4 heteroatoms. The van der Waals surface area contributed by atoms with E-state index in [2.05, 4.69) is 67.7 Å². The van der Waals surface area contributed by atoms with Gasteiger partial charge in [0.05, 0.1) is 5.69 Å². The first-order valence-corrected chi connectivity index (χ1v) is 9.14. The molecule has 4 rings (SSSR count). The van der Waals surface area contributed by atoms with Crippen molar-refractivity contribution < 1.29 is 0 Å². The number of fused-ring (bicyclic) bond motifs is 1. The molecule has 0 unspecified atom stereocenters. The van der Waals surface area contributed by atoms with Crippen LogP contribution in [0.4, 0.5) is 17.2 Å². The Balaban J connectivity index is 1.86. The number of nitrogens with zero attached hydrogens (tertiary/aromatic N) is 3. The number of anilines is 2. The molecule has 1 aliphatic rings. The van der Waals surface area contributed by atoms with E-state index >= 15 is 0 Å². The molecule has 0 radical (unpaired) electrons. The third-order valence-electron chi connectivity index (χ3n) is 4.93. The third kappa shape index (κ3) is 3.27. The lowest BCUT2D eigenvalue weighted by atomic mass is 10.2. The number of nitrogens with one attached hydrogen (secondary N) is 1. The van der Waals surface area contributed by atoms with E-state index in [1.165, 1.54) is 22.4 Å². The smallest absolute Gasteiger partial charge is 0.177 e. The van der Waals surface area contributed by atoms with E-state index in [4.69, 9.17) is 10.1 Å². The van der Waals surface area contributed by atoms with Crippen LogP contribution in [0.1, 0.15) is 28.8 Å². The first-order valence-electron chi connectivity index (χ1n) is 9.14. The quantitative estimate of drug-likeness (QED) is 0.760. The van der Waals surface area contributed by atoms with Crippen molar-refractivity contribution in [3.05, 3.63) is 76.3 Å². The number of hydrogen-bond donors (Lipinski definition) is 1. The zero-order valence-electron chi connectivity index (χ0n) is 15.6. The molecule has 0 aliphatic heterocycles. The predicted octanol–water partition coefficient (Wildman–Crippen LogP) is 4.50. The molecule has 3 aromatic rings. The highest BCUT2D eigenvalue weighted by Crippen LogP contribution is 2.22. The van der Waals surface area contributed by atoms with Gasteiger partial charge in [-0.1, -0.05) is 35.4 Å². The van der Waals surface area contributed by atoms with Gasteiger partial charge in [-0.15, -0.1) is 0 Å². The minimum Gasteiger partial charge on any atom is -0.337 e. The van der Waals surface area contributed by atoms with Gasteiger partial charge in [0, 0.05) is 24.0 Å². The Labute approximate surface area is 154 Å². The van der Waals surface area contributed by atoms with Crippen molar-refractivity contribution in [2.45, 2.75) is 33.1 Å². The zero-order chi connectivity index (χ0) is 18.1. The van der Waals surface area contributed by atoms with Gasteiger partial charge in [0.2, 0.25) is 0 Å². The first kappa shape index (κ1) is 16.6. The monoisotopic (exact) mass is 344 g/mol. The van der Waals surface area contributed by atoms with E-state index < -0.39 is 0 Å². The van der Waals surface area contributed by atoms with Gasteiger partial charge in [-0.3, -0.25) is 4.68 Å². The summed E-state index contributed by atoms with van der Waals surface area (Å²) in [6.45, 7) is 4.19. The zero-order valence-corrected chi connectivity index (χ0v) is 15.6. The second kappa shape index (κ2) is 6.79. The topological polar surface area (TPSA) is 42.2 Å². The van der Waals surface area contributed by atoms with Crippen molar-refractivity contribution in [3.63, 3.8) is 0 Å². The van der Waals surface area contributed by atoms with E-state index in [1.54, 1.807) is 0 Å². The molecular formula is C22H24N4. The summed E-state index contributed by atoms with van der Waals surface area (Å²) < 4.78 is 2.01. The molecule has 4 nitrogen and oxygen atoms in total. The van der Waals surface area contributed by atoms with Crippen molar-refractivity contribution >= 4 is 17.2 Å². The fraction of sp³-hybridized carbons (Fsp3) is 0.273. The molecule has 1 aromatic heterocycles. The minimum atomic E-state index is 0.817. The lowest BCUT2D eigenvalue weighted by molar-refractivity contribution is 0.688. The Bertz CT molecular complexity index is 996. The molecule has 0 fully saturated rings. The van der Waals surface area contributed by atoms with Gasteiger partial charge < -0.3 is 5.32 Å². The molecule has 1 aliphatic carbocycles. The van der Waals surface area contributed by atoms with Crippen LogP contribution in [0.3, 0.4) is 0 Å². The van der Waals surface area contributed by atoms with E-state index in [0.717, 1.165) is 41.8 Å². The average Bonchev–Trinajstić information content (AvgIpc) is 3.12. The SMILES string of the molecule is Cc1ccc(N=c2c(Nc3ccc(C)cc3)nn(C)c3c2CCC3)cc1. The summed E-state index contributed by atoms with van der Waals surface area (Å²) in [6.07, 6.45) is 3.29. The van der Waals surface area contributed by atoms with E-state index in [9.17, 15) is 0 Å². The Morgan fingerprint density at radius 3 is 2.27 bits per heavy atom. The molecular weight excluding hydrogens is 320 g/mol. The Hall–Kier alpha value is -2.88. The van der Waals surface area contributed by atoms with Crippen LogP contribution in [0.5, 0.6) is 0 Å². The van der Waals surface area contributed by atoms with Gasteiger partial charge in [-0.25, -0.2) is 4.99 Å². The van der Waals surface area contributed by atoms with E-state index in [1.807, 2.05) is 11.7 Å². The molecule has 0 saturated carbocycles. The number of hydrogen-bond acceptors (Lipinski definition) is 3. The van der Waals surface area contributed by atoms with Crippen LogP contribution in [0.15, 0.2) is 53.5 Å². The fourth-order valence-electron chi connectivity index (χ4n) is 3.47. The van der Waals surface area contributed by atoms with Gasteiger partial charge in [0.15, 0.2) is 5.82 Å². The van der Waals surface area contributed by atoms with Crippen molar-refractivity contribution in [2.75, 3.05) is 5.32 Å². The van der Waals surface area contributed by atoms with Crippen LogP contribution in [-0.4, -0.2) is 9.78 Å². The lowest BCUT2D eigenvalue weighted by Crippen LogP contribution is -2.22. The Kier molecular flexibility index (Phi) is 4.33. The molecule has 2 aromatic carbocycles. The molecule has 1 heterocycles. The normalized spacial score (nSPS) is 13.7. The highest BCUT2D eigenvalue weighted by molar-refractivity contribution is 5.57. The van der Waals surface area contributed by atoms with Crippen LogP contribution >= 0.6 is 0 Å². The standard InChI is InChI=1S/C22H24N4/c1-15-7-11-17(12-8-15)23-21-19-5-4-6-20(19)26(3)25-22(21)24-18-13-9-16(2)10-14-18/h7-14H,4-6H2,1-3H3,(H,24,25). The number of aryl methyl sites for hydroxylation is 3. The molecule has 26 heavy (non-hydrogen) atoms. The molecule has 0 spiro atoms. The van der Waals surface area contributed by atoms with Crippen molar-refractivity contribution in [1.82, 2.24) is 9.78 Å². The van der Waals surface area contributed by atoms with Gasteiger partial charge in [0.25, 0.3) is 0 Å². The van der Waals surface area contributed by atoms with Crippen molar-refractivity contribution in [2.24, 2.45) is 12.0 Å². The van der Waals surface area contributed by atoms with Crippen LogP contribution < -0.4 is 10.7 Å². The van der Waals surface area contributed by atoms with Gasteiger partial charge >= 0.3 is 0 Å². The highest BCUT2D eigenvalue weighted by Gasteiger charge is 2.19. The van der Waals surface area contributed by atoms with Crippen molar-refractivity contribution in [3.8, 4) is 0 Å². The number of benzene rings is 2. The summed E-state index contributed by atoms with van der Waals surface area (Å²) in [6, 6.07) is 16.7. The minimum absolute atomic E-state index is 0.817. The van der Waals surface area contributed by atoms with Crippen LogP contribution in [0, 0.1) is 13.8 Å². The number of rotatable bonds is 3. The maximum Gasteiger partial charge on any atom is 0.177 e. The maximum absolute atomic E-state index is 4.97. The molecule has 132 valence electrons. The van der Waals surface area contributed by atoms with Gasteiger partial charge in [0.1, 0.15) is 5.36 Å². The Morgan fingerprint density at radius 2 is 1.58 bits per heavy atom. The molecule has 1 N–H and O–H groups in total. The summed E-state index contributed by atoms with van der Waals surface area (Å²) in [7, 11) is 2.03. The third-order valence-corrected chi connectivity index (χ3v) is 4.93. The highest BCUT2D eigenvalue weighted by atomic mass is 15.3. The fourth-order valence-corrected chi connectivity index (χ4v) is 3.47. The predicted molar refractivity (Wildman–Crippen MR) is 106 cm³/mol. The van der Waals surface area contributed by atoms with Gasteiger partial charge in [-0.05, 0) is 57.4 Å². The first-order chi connectivity index (χ1) is 12.6. The molecule has 0 saturated heterocycles. The number of aromatic nitrogens is 2. The van der Waals surface area contributed by atoms with E-state index in [0.29, 0.717) is 0 Å². The molecule has 0 bridgehead atoms. The van der Waals surface area contributed by atoms with Crippen LogP contribution in [0.2, 0.25) is 0 Å². The summed E-state index contributed by atoms with van der Waals surface area (Å²) in [5.41, 5.74) is 7.09. The van der Waals surface area contributed by atoms with E-state index in [-0.39, 0.29) is 0 Å². The average molecular weight is 344 g/mol. The largest absolute Gasteiger partial charge is 0.337 e. The molecule has 0 atom stereocenters. The lowest BCUT2D eigenvalue weighted by Gasteiger charge is -2.13. The summed E-state index contributed by atoms with van der Waals surface area (Å²) in [5, 5.41) is 9.24. The molecule has 0 amide bonds. The second-order valence-electron chi connectivity index (χ2n) is 7.04. The van der Waals surface area contributed by atoms with Crippen LogP contribution in [0.25, 0.3) is 0 Å². The second-order valence-corrected chi connectivity index (χ2v) is 7.04. The van der Waals surface area contributed by atoms with Crippen LogP contribution in [-0.2, 0) is 19.9 Å². The Morgan fingerprint density at radius 1 is 0.923 bits per heavy atom.